The van der Waals surface area contributed by atoms with Crippen molar-refractivity contribution in [2.24, 2.45) is 7.05 Å². The number of nitrogens with one attached hydrogen (secondary N) is 2. The molecule has 3 aliphatic heterocycles. The standard InChI is InChI=1S/C29H30FN5O3/c1-28(2)17-35(23-9-8-19(30)16-21(23)28)26(37)18-14-24(33(3)25(36)15-18)34-12-10-29(11-13-34)20-6-4-5-7-22(20)31-27(38)32-29/h4-9,14-16H,10-13,17H2,1-3H3,(H2,31,32,38). The van der Waals surface area contributed by atoms with Crippen LogP contribution in [0.5, 0.6) is 0 Å². The van der Waals surface area contributed by atoms with Gasteiger partial charge in [-0.2, -0.15) is 0 Å². The second kappa shape index (κ2) is 8.44. The number of hydrogen-bond acceptors (Lipinski definition) is 4. The molecule has 1 spiro atoms. The van der Waals surface area contributed by atoms with Gasteiger partial charge in [0.05, 0.1) is 5.54 Å². The van der Waals surface area contributed by atoms with E-state index < -0.39 is 11.0 Å². The number of anilines is 3. The number of carbonyl (C=O) groups is 2. The maximum atomic E-state index is 14.0. The number of piperidine rings is 1. The van der Waals surface area contributed by atoms with E-state index in [0.29, 0.717) is 49.5 Å². The highest BCUT2D eigenvalue weighted by atomic mass is 19.1. The van der Waals surface area contributed by atoms with Gasteiger partial charge in [-0.15, -0.1) is 0 Å². The highest BCUT2D eigenvalue weighted by Crippen LogP contribution is 2.42. The maximum absolute atomic E-state index is 14.0. The number of nitrogens with zero attached hydrogens (tertiary/aromatic N) is 3. The Bertz CT molecular complexity index is 1540. The van der Waals surface area contributed by atoms with Gasteiger partial charge in [-0.1, -0.05) is 32.0 Å². The summed E-state index contributed by atoms with van der Waals surface area (Å²) in [6.45, 7) is 5.55. The van der Waals surface area contributed by atoms with Gasteiger partial charge in [-0.3, -0.25) is 14.2 Å². The molecule has 0 unspecified atom stereocenters. The first-order valence-electron chi connectivity index (χ1n) is 12.8. The number of benzene rings is 2. The Kier molecular flexibility index (Phi) is 5.38. The van der Waals surface area contributed by atoms with Gasteiger partial charge in [0.1, 0.15) is 11.6 Å². The molecule has 9 heteroatoms. The van der Waals surface area contributed by atoms with Crippen LogP contribution in [0.1, 0.15) is 48.2 Å². The summed E-state index contributed by atoms with van der Waals surface area (Å²) in [7, 11) is 1.70. The molecule has 3 amide bonds. The van der Waals surface area contributed by atoms with Gasteiger partial charge in [0.15, 0.2) is 0 Å². The third kappa shape index (κ3) is 3.76. The first-order valence-corrected chi connectivity index (χ1v) is 12.8. The minimum absolute atomic E-state index is 0.217. The second-order valence-corrected chi connectivity index (χ2v) is 11.1. The second-order valence-electron chi connectivity index (χ2n) is 11.1. The zero-order chi connectivity index (χ0) is 26.8. The molecular formula is C29H30FN5O3. The van der Waals surface area contributed by atoms with Crippen molar-refractivity contribution in [3.63, 3.8) is 0 Å². The Labute approximate surface area is 220 Å². The average molecular weight is 516 g/mol. The molecule has 0 radical (unpaired) electrons. The Morgan fingerprint density at radius 1 is 0.974 bits per heavy atom. The lowest BCUT2D eigenvalue weighted by molar-refractivity contribution is 0.0985. The van der Waals surface area contributed by atoms with Gasteiger partial charge in [0, 0.05) is 60.7 Å². The SMILES string of the molecule is Cn1c(N2CCC3(CC2)NC(=O)Nc2ccccc23)cc(C(=O)N2CC(C)(C)c3cc(F)ccc32)cc1=O. The van der Waals surface area contributed by atoms with E-state index in [2.05, 4.69) is 15.5 Å². The maximum Gasteiger partial charge on any atom is 0.319 e. The summed E-state index contributed by atoms with van der Waals surface area (Å²) in [5.74, 6) is 0.0369. The number of pyridine rings is 1. The molecule has 0 saturated carbocycles. The molecule has 2 aromatic carbocycles. The fraction of sp³-hybridized carbons (Fsp3) is 0.345. The number of rotatable bonds is 2. The molecular weight excluding hydrogens is 485 g/mol. The highest BCUT2D eigenvalue weighted by molar-refractivity contribution is 6.08. The first kappa shape index (κ1) is 24.2. The molecule has 1 saturated heterocycles. The van der Waals surface area contributed by atoms with Crippen molar-refractivity contribution < 1.29 is 14.0 Å². The zero-order valence-corrected chi connectivity index (χ0v) is 21.7. The Morgan fingerprint density at radius 2 is 1.71 bits per heavy atom. The number of urea groups is 1. The van der Waals surface area contributed by atoms with E-state index in [1.54, 1.807) is 28.6 Å². The van der Waals surface area contributed by atoms with Gasteiger partial charge in [0.25, 0.3) is 11.5 Å². The third-order valence-electron chi connectivity index (χ3n) is 8.25. The van der Waals surface area contributed by atoms with Crippen LogP contribution in [0.25, 0.3) is 0 Å². The predicted molar refractivity (Wildman–Crippen MR) is 145 cm³/mol. The van der Waals surface area contributed by atoms with Crippen molar-refractivity contribution in [1.82, 2.24) is 9.88 Å². The van der Waals surface area contributed by atoms with E-state index in [-0.39, 0.29) is 23.3 Å². The van der Waals surface area contributed by atoms with Crippen LogP contribution < -0.4 is 26.0 Å². The van der Waals surface area contributed by atoms with Gasteiger partial charge >= 0.3 is 6.03 Å². The largest absolute Gasteiger partial charge is 0.358 e. The lowest BCUT2D eigenvalue weighted by atomic mass is 9.79. The molecule has 2 N–H and O–H groups in total. The molecule has 196 valence electrons. The number of amides is 3. The summed E-state index contributed by atoms with van der Waals surface area (Å²) in [5, 5.41) is 6.02. The summed E-state index contributed by atoms with van der Waals surface area (Å²) < 4.78 is 15.5. The number of para-hydroxylation sites is 1. The number of halogens is 1. The summed E-state index contributed by atoms with van der Waals surface area (Å²) >= 11 is 0. The monoisotopic (exact) mass is 515 g/mol. The molecule has 38 heavy (non-hydrogen) atoms. The molecule has 1 aromatic heterocycles. The van der Waals surface area contributed by atoms with Crippen molar-refractivity contribution in [3.8, 4) is 0 Å². The van der Waals surface area contributed by atoms with E-state index in [9.17, 15) is 18.8 Å². The minimum atomic E-state index is -0.484. The van der Waals surface area contributed by atoms with Gasteiger partial charge in [-0.25, -0.2) is 9.18 Å². The molecule has 3 aromatic rings. The highest BCUT2D eigenvalue weighted by Gasteiger charge is 2.43. The van der Waals surface area contributed by atoms with Gasteiger partial charge in [0.2, 0.25) is 0 Å². The molecule has 0 atom stereocenters. The summed E-state index contributed by atoms with van der Waals surface area (Å²) in [6, 6.07) is 15.2. The first-order chi connectivity index (χ1) is 18.1. The zero-order valence-electron chi connectivity index (χ0n) is 21.7. The lowest BCUT2D eigenvalue weighted by Gasteiger charge is -2.46. The molecule has 0 bridgehead atoms. The third-order valence-corrected chi connectivity index (χ3v) is 8.25. The van der Waals surface area contributed by atoms with Crippen molar-refractivity contribution >= 4 is 29.1 Å². The van der Waals surface area contributed by atoms with Crippen LogP contribution in [0.3, 0.4) is 0 Å². The quantitative estimate of drug-likeness (QED) is 0.538. The topological polar surface area (TPSA) is 86.7 Å². The number of fused-ring (bicyclic) bond motifs is 3. The van der Waals surface area contributed by atoms with E-state index in [1.165, 1.54) is 18.2 Å². The van der Waals surface area contributed by atoms with Crippen LogP contribution in [-0.2, 0) is 18.0 Å². The lowest BCUT2D eigenvalue weighted by Crippen LogP contribution is -2.57. The molecule has 1 fully saturated rings. The van der Waals surface area contributed by atoms with Gasteiger partial charge < -0.3 is 20.4 Å². The van der Waals surface area contributed by atoms with E-state index in [0.717, 1.165) is 16.8 Å². The van der Waals surface area contributed by atoms with E-state index in [1.807, 2.05) is 38.1 Å². The number of carbonyl (C=O) groups excluding carboxylic acids is 2. The Hall–Kier alpha value is -4.14. The summed E-state index contributed by atoms with van der Waals surface area (Å²) in [4.78, 5) is 42.8. The summed E-state index contributed by atoms with van der Waals surface area (Å²) in [6.07, 6.45) is 1.31. The molecule has 3 aliphatic rings. The summed E-state index contributed by atoms with van der Waals surface area (Å²) in [5.41, 5.74) is 2.46. The van der Waals surface area contributed by atoms with Crippen molar-refractivity contribution in [1.29, 1.82) is 0 Å². The smallest absolute Gasteiger partial charge is 0.319 e. The van der Waals surface area contributed by atoms with E-state index >= 15 is 0 Å². The molecule has 6 rings (SSSR count). The normalized spacial score (nSPS) is 19.0. The number of aromatic nitrogens is 1. The Balaban J connectivity index is 1.30. The van der Waals surface area contributed by atoms with Crippen LogP contribution in [0.4, 0.5) is 26.4 Å². The minimum Gasteiger partial charge on any atom is -0.358 e. The van der Waals surface area contributed by atoms with Crippen LogP contribution >= 0.6 is 0 Å². The van der Waals surface area contributed by atoms with Crippen LogP contribution in [-0.4, -0.2) is 36.1 Å². The van der Waals surface area contributed by atoms with E-state index in [4.69, 9.17) is 0 Å². The fourth-order valence-electron chi connectivity index (χ4n) is 6.20. The van der Waals surface area contributed by atoms with Crippen LogP contribution in [0.2, 0.25) is 0 Å². The van der Waals surface area contributed by atoms with Crippen molar-refractivity contribution in [2.75, 3.05) is 34.8 Å². The molecule has 0 aliphatic carbocycles. The average Bonchev–Trinajstić information content (AvgIpc) is 3.15. The predicted octanol–water partition coefficient (Wildman–Crippen LogP) is 4.09. The van der Waals surface area contributed by atoms with Gasteiger partial charge in [-0.05, 0) is 48.7 Å². The fourth-order valence-corrected chi connectivity index (χ4v) is 6.20. The molecule has 8 nitrogen and oxygen atoms in total. The molecule has 4 heterocycles. The van der Waals surface area contributed by atoms with Crippen LogP contribution in [0.15, 0.2) is 59.4 Å². The Morgan fingerprint density at radius 3 is 2.47 bits per heavy atom. The van der Waals surface area contributed by atoms with Crippen LogP contribution in [0, 0.1) is 5.82 Å². The van der Waals surface area contributed by atoms with Crippen molar-refractivity contribution in [3.05, 3.63) is 87.5 Å². The van der Waals surface area contributed by atoms with Crippen molar-refractivity contribution in [2.45, 2.75) is 37.6 Å². The number of hydrogen-bond donors (Lipinski definition) is 2.